The highest BCUT2D eigenvalue weighted by Crippen LogP contribution is 2.28. The lowest BCUT2D eigenvalue weighted by molar-refractivity contribution is 0.373. The van der Waals surface area contributed by atoms with Crippen LogP contribution < -0.4 is 4.74 Å². The van der Waals surface area contributed by atoms with E-state index in [1.165, 1.54) is 12.7 Å². The van der Waals surface area contributed by atoms with Crippen molar-refractivity contribution in [3.05, 3.63) is 64.7 Å². The van der Waals surface area contributed by atoms with Crippen LogP contribution in [0.4, 0.5) is 0 Å². The molecule has 2 aromatic rings. The average molecular weight is 310 g/mol. The second-order valence-electron chi connectivity index (χ2n) is 5.37. The van der Waals surface area contributed by atoms with Crippen LogP contribution in [-0.4, -0.2) is 17.3 Å². The number of hydrogen-bond donors (Lipinski definition) is 2. The normalized spacial score (nSPS) is 11.4. The van der Waals surface area contributed by atoms with E-state index in [1.54, 1.807) is 24.3 Å². The third-order valence-electron chi connectivity index (χ3n) is 3.71. The van der Waals surface area contributed by atoms with Gasteiger partial charge in [0.15, 0.2) is 11.5 Å². The Hall–Kier alpha value is -2.68. The maximum atomic E-state index is 9.85. The smallest absolute Gasteiger partial charge is 0.161 e. The Labute approximate surface area is 137 Å². The van der Waals surface area contributed by atoms with E-state index in [0.29, 0.717) is 5.75 Å². The van der Waals surface area contributed by atoms with Crippen molar-refractivity contribution in [1.82, 2.24) is 0 Å². The lowest BCUT2D eigenvalue weighted by atomic mass is 9.97. The molecule has 0 radical (unpaired) electrons. The largest absolute Gasteiger partial charge is 0.508 e. The molecule has 0 aromatic heterocycles. The number of aryl methyl sites for hydroxylation is 1. The predicted octanol–water partition coefficient (Wildman–Crippen LogP) is 4.70. The molecule has 0 amide bonds. The third-order valence-corrected chi connectivity index (χ3v) is 3.71. The summed E-state index contributed by atoms with van der Waals surface area (Å²) in [6.45, 7) is 3.99. The number of ether oxygens (including phenoxy) is 1. The summed E-state index contributed by atoms with van der Waals surface area (Å²) in [7, 11) is 1.52. The van der Waals surface area contributed by atoms with Gasteiger partial charge < -0.3 is 14.9 Å². The number of benzene rings is 2. The molecule has 2 aromatic carbocycles. The molecule has 0 aliphatic carbocycles. The van der Waals surface area contributed by atoms with Crippen molar-refractivity contribution >= 4 is 12.2 Å². The van der Waals surface area contributed by atoms with Crippen LogP contribution >= 0.6 is 0 Å². The Kier molecular flexibility index (Phi) is 5.47. The van der Waals surface area contributed by atoms with Crippen LogP contribution in [0.5, 0.6) is 17.2 Å². The number of rotatable bonds is 5. The van der Waals surface area contributed by atoms with Crippen molar-refractivity contribution in [2.45, 2.75) is 20.3 Å². The van der Waals surface area contributed by atoms with Gasteiger partial charge in [0, 0.05) is 0 Å². The van der Waals surface area contributed by atoms with Crippen LogP contribution in [0.3, 0.4) is 0 Å². The van der Waals surface area contributed by atoms with Crippen LogP contribution in [0, 0.1) is 6.92 Å². The summed E-state index contributed by atoms with van der Waals surface area (Å²) in [5.74, 6) is 0.815. The van der Waals surface area contributed by atoms with E-state index in [0.717, 1.165) is 23.1 Å². The Balaban J connectivity index is 2.38. The highest BCUT2D eigenvalue weighted by molar-refractivity contribution is 5.73. The molecule has 23 heavy (non-hydrogen) atoms. The summed E-state index contributed by atoms with van der Waals surface area (Å²) >= 11 is 0. The zero-order chi connectivity index (χ0) is 16.8. The fourth-order valence-electron chi connectivity index (χ4n) is 2.47. The van der Waals surface area contributed by atoms with Gasteiger partial charge in [0.25, 0.3) is 0 Å². The molecule has 0 aliphatic rings. The van der Waals surface area contributed by atoms with Gasteiger partial charge in [-0.15, -0.1) is 0 Å². The van der Waals surface area contributed by atoms with Crippen molar-refractivity contribution in [2.24, 2.45) is 0 Å². The quantitative estimate of drug-likeness (QED) is 0.621. The van der Waals surface area contributed by atoms with Crippen LogP contribution in [0.15, 0.2) is 42.5 Å². The lowest BCUT2D eigenvalue weighted by Crippen LogP contribution is -1.92. The Morgan fingerprint density at radius 2 is 1.87 bits per heavy atom. The van der Waals surface area contributed by atoms with Crippen molar-refractivity contribution in [2.75, 3.05) is 7.11 Å². The summed E-state index contributed by atoms with van der Waals surface area (Å²) in [6, 6.07) is 8.73. The minimum atomic E-state index is 0.117. The molecular formula is C20H22O3. The SMILES string of the molecule is C/C=C\Cc1c(C)cc(O)cc1/C=C/c1ccc(O)c(OC)c1. The predicted molar refractivity (Wildman–Crippen MR) is 94.9 cm³/mol. The number of phenols is 2. The summed E-state index contributed by atoms with van der Waals surface area (Å²) in [4.78, 5) is 0. The molecule has 0 fully saturated rings. The van der Waals surface area contributed by atoms with E-state index in [2.05, 4.69) is 6.08 Å². The van der Waals surface area contributed by atoms with E-state index < -0.39 is 0 Å². The third kappa shape index (κ3) is 4.16. The second kappa shape index (κ2) is 7.54. The molecular weight excluding hydrogens is 288 g/mol. The second-order valence-corrected chi connectivity index (χ2v) is 5.37. The first-order chi connectivity index (χ1) is 11.0. The first kappa shape index (κ1) is 16.7. The molecule has 0 aliphatic heterocycles. The number of methoxy groups -OCH3 is 1. The zero-order valence-electron chi connectivity index (χ0n) is 13.7. The van der Waals surface area contributed by atoms with E-state index in [-0.39, 0.29) is 11.5 Å². The molecule has 0 atom stereocenters. The van der Waals surface area contributed by atoms with Crippen LogP contribution in [-0.2, 0) is 6.42 Å². The van der Waals surface area contributed by atoms with Gasteiger partial charge in [0.1, 0.15) is 5.75 Å². The molecule has 120 valence electrons. The molecule has 0 heterocycles. The molecule has 3 heteroatoms. The standard InChI is InChI=1S/C20H22O3/c1-4-5-6-18-14(2)11-17(21)13-16(18)9-7-15-8-10-19(22)20(12-15)23-3/h4-5,7-13,21-22H,6H2,1-3H3/b5-4-,9-7+. The lowest BCUT2D eigenvalue weighted by Gasteiger charge is -2.09. The Bertz CT molecular complexity index is 743. The van der Waals surface area contributed by atoms with Crippen LogP contribution in [0.1, 0.15) is 29.2 Å². The highest BCUT2D eigenvalue weighted by Gasteiger charge is 2.05. The molecule has 2 rings (SSSR count). The van der Waals surface area contributed by atoms with Crippen molar-refractivity contribution in [3.63, 3.8) is 0 Å². The van der Waals surface area contributed by atoms with Gasteiger partial charge in [-0.2, -0.15) is 0 Å². The maximum absolute atomic E-state index is 9.85. The topological polar surface area (TPSA) is 49.7 Å². The summed E-state index contributed by atoms with van der Waals surface area (Å²) in [5, 5.41) is 19.5. The summed E-state index contributed by atoms with van der Waals surface area (Å²) in [5.41, 5.74) is 4.14. The molecule has 0 bridgehead atoms. The minimum Gasteiger partial charge on any atom is -0.508 e. The number of hydrogen-bond acceptors (Lipinski definition) is 3. The van der Waals surface area contributed by atoms with Gasteiger partial charge in [-0.05, 0) is 66.8 Å². The van der Waals surface area contributed by atoms with E-state index in [1.807, 2.05) is 38.1 Å². The van der Waals surface area contributed by atoms with E-state index in [4.69, 9.17) is 4.74 Å². The Morgan fingerprint density at radius 1 is 1.09 bits per heavy atom. The van der Waals surface area contributed by atoms with Crippen molar-refractivity contribution in [3.8, 4) is 17.2 Å². The summed E-state index contributed by atoms with van der Waals surface area (Å²) in [6.07, 6.45) is 8.85. The number of phenolic OH excluding ortho intramolecular Hbond substituents is 2. The van der Waals surface area contributed by atoms with Crippen LogP contribution in [0.2, 0.25) is 0 Å². The maximum Gasteiger partial charge on any atom is 0.161 e. The number of aromatic hydroxyl groups is 2. The first-order valence-electron chi connectivity index (χ1n) is 7.54. The zero-order valence-corrected chi connectivity index (χ0v) is 13.7. The molecule has 0 unspecified atom stereocenters. The van der Waals surface area contributed by atoms with E-state index in [9.17, 15) is 10.2 Å². The van der Waals surface area contributed by atoms with Gasteiger partial charge >= 0.3 is 0 Å². The first-order valence-corrected chi connectivity index (χ1v) is 7.54. The average Bonchev–Trinajstić information content (AvgIpc) is 2.53. The molecule has 0 spiro atoms. The molecule has 2 N–H and O–H groups in total. The van der Waals surface area contributed by atoms with Crippen molar-refractivity contribution < 1.29 is 14.9 Å². The highest BCUT2D eigenvalue weighted by atomic mass is 16.5. The summed E-state index contributed by atoms with van der Waals surface area (Å²) < 4.78 is 5.12. The molecule has 0 saturated heterocycles. The van der Waals surface area contributed by atoms with Gasteiger partial charge in [0.2, 0.25) is 0 Å². The monoisotopic (exact) mass is 310 g/mol. The van der Waals surface area contributed by atoms with E-state index >= 15 is 0 Å². The van der Waals surface area contributed by atoms with Crippen molar-refractivity contribution in [1.29, 1.82) is 0 Å². The van der Waals surface area contributed by atoms with Crippen LogP contribution in [0.25, 0.3) is 12.2 Å². The molecule has 0 saturated carbocycles. The Morgan fingerprint density at radius 3 is 2.57 bits per heavy atom. The van der Waals surface area contributed by atoms with Gasteiger partial charge in [-0.25, -0.2) is 0 Å². The number of allylic oxidation sites excluding steroid dienone is 2. The molecule has 3 nitrogen and oxygen atoms in total. The van der Waals surface area contributed by atoms with Gasteiger partial charge in [-0.1, -0.05) is 30.4 Å². The minimum absolute atomic E-state index is 0.117. The van der Waals surface area contributed by atoms with Gasteiger partial charge in [0.05, 0.1) is 7.11 Å². The fourth-order valence-corrected chi connectivity index (χ4v) is 2.47. The van der Waals surface area contributed by atoms with Gasteiger partial charge in [-0.3, -0.25) is 0 Å². The fraction of sp³-hybridized carbons (Fsp3) is 0.200.